The first-order chi connectivity index (χ1) is 10.2. The topological polar surface area (TPSA) is 41.5 Å². The van der Waals surface area contributed by atoms with E-state index in [0.29, 0.717) is 11.6 Å². The fourth-order valence-corrected chi connectivity index (χ4v) is 2.48. The van der Waals surface area contributed by atoms with Crippen LogP contribution in [0.3, 0.4) is 0 Å². The number of hydrogen-bond acceptors (Lipinski definition) is 3. The molecule has 0 amide bonds. The zero-order valence-corrected chi connectivity index (χ0v) is 12.8. The molecule has 0 fully saturated rings. The Morgan fingerprint density at radius 3 is 2.57 bits per heavy atom. The van der Waals surface area contributed by atoms with Gasteiger partial charge in [0.25, 0.3) is 0 Å². The van der Waals surface area contributed by atoms with Crippen molar-refractivity contribution < 1.29 is 9.84 Å². The Balaban J connectivity index is 2.00. The fourth-order valence-electron chi connectivity index (χ4n) is 2.25. The lowest BCUT2D eigenvalue weighted by Gasteiger charge is -2.18. The SMILES string of the molecule is COc1cccc(Cl)c1CN[C@@H](CO)Cc1ccccc1. The monoisotopic (exact) mass is 305 g/mol. The molecule has 0 spiro atoms. The van der Waals surface area contributed by atoms with E-state index in [0.717, 1.165) is 17.7 Å². The summed E-state index contributed by atoms with van der Waals surface area (Å²) >= 11 is 6.21. The molecular formula is C17H20ClNO2. The smallest absolute Gasteiger partial charge is 0.124 e. The van der Waals surface area contributed by atoms with E-state index in [-0.39, 0.29) is 12.6 Å². The maximum Gasteiger partial charge on any atom is 0.124 e. The molecule has 0 saturated heterocycles. The molecule has 0 aromatic heterocycles. The average Bonchev–Trinajstić information content (AvgIpc) is 2.53. The van der Waals surface area contributed by atoms with E-state index in [4.69, 9.17) is 16.3 Å². The number of halogens is 1. The molecule has 4 heteroatoms. The van der Waals surface area contributed by atoms with Gasteiger partial charge in [0.2, 0.25) is 0 Å². The van der Waals surface area contributed by atoms with E-state index in [1.54, 1.807) is 7.11 Å². The van der Waals surface area contributed by atoms with Crippen molar-refractivity contribution >= 4 is 11.6 Å². The number of ether oxygens (including phenoxy) is 1. The Morgan fingerprint density at radius 2 is 1.90 bits per heavy atom. The van der Waals surface area contributed by atoms with Crippen molar-refractivity contribution in [2.24, 2.45) is 0 Å². The van der Waals surface area contributed by atoms with Crippen LogP contribution in [0, 0.1) is 0 Å². The van der Waals surface area contributed by atoms with Crippen LogP contribution in [0.15, 0.2) is 48.5 Å². The molecule has 3 nitrogen and oxygen atoms in total. The third-order valence-electron chi connectivity index (χ3n) is 3.41. The Bertz CT molecular complexity index is 560. The van der Waals surface area contributed by atoms with Crippen molar-refractivity contribution in [2.75, 3.05) is 13.7 Å². The van der Waals surface area contributed by atoms with Gasteiger partial charge >= 0.3 is 0 Å². The molecule has 0 bridgehead atoms. The first-order valence-corrected chi connectivity index (χ1v) is 7.32. The molecule has 1 atom stereocenters. The molecule has 2 aromatic rings. The number of aliphatic hydroxyl groups is 1. The summed E-state index contributed by atoms with van der Waals surface area (Å²) in [6.45, 7) is 0.628. The van der Waals surface area contributed by atoms with Gasteiger partial charge in [-0.1, -0.05) is 48.0 Å². The number of benzene rings is 2. The van der Waals surface area contributed by atoms with E-state index in [1.807, 2.05) is 36.4 Å². The number of nitrogens with one attached hydrogen (secondary N) is 1. The molecular weight excluding hydrogens is 286 g/mol. The Hall–Kier alpha value is -1.55. The van der Waals surface area contributed by atoms with Crippen LogP contribution in [0.5, 0.6) is 5.75 Å². The standard InChI is InChI=1S/C17H20ClNO2/c1-21-17-9-5-8-16(18)15(17)11-19-14(12-20)10-13-6-3-2-4-7-13/h2-9,14,19-20H,10-12H2,1H3/t14-/m1/s1. The molecule has 0 aliphatic carbocycles. The second-order valence-electron chi connectivity index (χ2n) is 4.87. The van der Waals surface area contributed by atoms with Crippen molar-refractivity contribution in [3.05, 3.63) is 64.7 Å². The highest BCUT2D eigenvalue weighted by atomic mass is 35.5. The first-order valence-electron chi connectivity index (χ1n) is 6.94. The lowest BCUT2D eigenvalue weighted by atomic mass is 10.1. The van der Waals surface area contributed by atoms with Crippen molar-refractivity contribution in [1.82, 2.24) is 5.32 Å². The van der Waals surface area contributed by atoms with Gasteiger partial charge in [0.05, 0.1) is 13.7 Å². The molecule has 0 heterocycles. The Kier molecular flexibility index (Phi) is 6.05. The predicted octanol–water partition coefficient (Wildman–Crippen LogP) is 3.04. The lowest BCUT2D eigenvalue weighted by Crippen LogP contribution is -2.34. The molecule has 0 aliphatic heterocycles. The minimum atomic E-state index is -0.0200. The molecule has 2 N–H and O–H groups in total. The van der Waals surface area contributed by atoms with Gasteiger partial charge in [0, 0.05) is 23.2 Å². The van der Waals surface area contributed by atoms with E-state index in [2.05, 4.69) is 17.4 Å². The predicted molar refractivity (Wildman–Crippen MR) is 85.9 cm³/mol. The zero-order chi connectivity index (χ0) is 15.1. The zero-order valence-electron chi connectivity index (χ0n) is 12.1. The molecule has 21 heavy (non-hydrogen) atoms. The van der Waals surface area contributed by atoms with Crippen molar-refractivity contribution in [3.8, 4) is 5.75 Å². The van der Waals surface area contributed by atoms with Gasteiger partial charge in [0.15, 0.2) is 0 Å². The second-order valence-corrected chi connectivity index (χ2v) is 5.28. The highest BCUT2D eigenvalue weighted by Gasteiger charge is 2.12. The fraction of sp³-hybridized carbons (Fsp3) is 0.294. The second kappa shape index (κ2) is 8.03. The first kappa shape index (κ1) is 15.8. The summed E-state index contributed by atoms with van der Waals surface area (Å²) in [7, 11) is 1.63. The molecule has 0 radical (unpaired) electrons. The lowest BCUT2D eigenvalue weighted by molar-refractivity contribution is 0.240. The minimum absolute atomic E-state index is 0.0200. The maximum absolute atomic E-state index is 9.53. The van der Waals surface area contributed by atoms with E-state index in [9.17, 15) is 5.11 Å². The van der Waals surface area contributed by atoms with Crippen molar-refractivity contribution in [3.63, 3.8) is 0 Å². The summed E-state index contributed by atoms with van der Waals surface area (Å²) in [5.74, 6) is 0.756. The largest absolute Gasteiger partial charge is 0.496 e. The van der Waals surface area contributed by atoms with Gasteiger partial charge in [-0.15, -0.1) is 0 Å². The number of aliphatic hydroxyl groups excluding tert-OH is 1. The number of rotatable bonds is 7. The third-order valence-corrected chi connectivity index (χ3v) is 3.76. The summed E-state index contributed by atoms with van der Waals surface area (Å²) < 4.78 is 5.32. The molecule has 112 valence electrons. The van der Waals surface area contributed by atoms with Crippen LogP contribution in [0.25, 0.3) is 0 Å². The molecule has 0 aliphatic rings. The quantitative estimate of drug-likeness (QED) is 0.826. The van der Waals surface area contributed by atoms with Crippen LogP contribution in [-0.4, -0.2) is 24.9 Å². The van der Waals surface area contributed by atoms with Gasteiger partial charge in [-0.05, 0) is 24.1 Å². The summed E-state index contributed by atoms with van der Waals surface area (Å²) in [6.07, 6.45) is 0.768. The molecule has 2 rings (SSSR count). The summed E-state index contributed by atoms with van der Waals surface area (Å²) in [5, 5.41) is 13.5. The van der Waals surface area contributed by atoms with Crippen LogP contribution in [-0.2, 0) is 13.0 Å². The van der Waals surface area contributed by atoms with Crippen molar-refractivity contribution in [2.45, 2.75) is 19.0 Å². The maximum atomic E-state index is 9.53. The van der Waals surface area contributed by atoms with Crippen LogP contribution in [0.1, 0.15) is 11.1 Å². The van der Waals surface area contributed by atoms with E-state index >= 15 is 0 Å². The van der Waals surface area contributed by atoms with Crippen LogP contribution < -0.4 is 10.1 Å². The van der Waals surface area contributed by atoms with Crippen LogP contribution >= 0.6 is 11.6 Å². The van der Waals surface area contributed by atoms with Gasteiger partial charge in [-0.2, -0.15) is 0 Å². The minimum Gasteiger partial charge on any atom is -0.496 e. The highest BCUT2D eigenvalue weighted by Crippen LogP contribution is 2.26. The van der Waals surface area contributed by atoms with Gasteiger partial charge in [-0.25, -0.2) is 0 Å². The molecule has 0 unspecified atom stereocenters. The van der Waals surface area contributed by atoms with E-state index < -0.39 is 0 Å². The number of methoxy groups -OCH3 is 1. The van der Waals surface area contributed by atoms with Crippen LogP contribution in [0.2, 0.25) is 5.02 Å². The third kappa shape index (κ3) is 4.46. The summed E-state index contributed by atoms with van der Waals surface area (Å²) in [5.41, 5.74) is 2.10. The number of hydrogen-bond donors (Lipinski definition) is 2. The van der Waals surface area contributed by atoms with Gasteiger partial charge < -0.3 is 15.2 Å². The Morgan fingerprint density at radius 1 is 1.14 bits per heavy atom. The molecule has 2 aromatic carbocycles. The van der Waals surface area contributed by atoms with Gasteiger partial charge in [-0.3, -0.25) is 0 Å². The highest BCUT2D eigenvalue weighted by molar-refractivity contribution is 6.31. The van der Waals surface area contributed by atoms with E-state index in [1.165, 1.54) is 5.56 Å². The van der Waals surface area contributed by atoms with Gasteiger partial charge in [0.1, 0.15) is 5.75 Å². The molecule has 0 saturated carbocycles. The van der Waals surface area contributed by atoms with Crippen LogP contribution in [0.4, 0.5) is 0 Å². The normalized spacial score (nSPS) is 12.1. The summed E-state index contributed by atoms with van der Waals surface area (Å²) in [6, 6.07) is 15.7. The Labute approximate surface area is 130 Å². The van der Waals surface area contributed by atoms with Crippen molar-refractivity contribution in [1.29, 1.82) is 0 Å². The summed E-state index contributed by atoms with van der Waals surface area (Å²) in [4.78, 5) is 0. The average molecular weight is 306 g/mol.